The molecular weight excluding hydrogens is 196 g/mol. The van der Waals surface area contributed by atoms with Crippen molar-refractivity contribution in [2.75, 3.05) is 6.61 Å². The first-order valence-corrected chi connectivity index (χ1v) is 4.67. The highest BCUT2D eigenvalue weighted by atomic mass is 16.5. The van der Waals surface area contributed by atoms with Crippen molar-refractivity contribution in [2.24, 2.45) is 0 Å². The fourth-order valence-corrected chi connectivity index (χ4v) is 1.77. The van der Waals surface area contributed by atoms with E-state index >= 15 is 0 Å². The number of ether oxygens (including phenoxy) is 1. The van der Waals surface area contributed by atoms with Crippen LogP contribution in [0.1, 0.15) is 28.4 Å². The van der Waals surface area contributed by atoms with Gasteiger partial charge in [-0.2, -0.15) is 0 Å². The first-order chi connectivity index (χ1) is 7.00. The Kier molecular flexibility index (Phi) is 2.25. The molecule has 0 saturated carbocycles. The maximum atomic E-state index is 10.8. The minimum absolute atomic E-state index is 0.191. The molecule has 1 heterocycles. The van der Waals surface area contributed by atoms with E-state index in [1.165, 1.54) is 12.1 Å². The van der Waals surface area contributed by atoms with Crippen LogP contribution in [0.2, 0.25) is 0 Å². The minimum atomic E-state index is -1.10. The fraction of sp³-hybridized carbons (Fsp3) is 0.364. The van der Waals surface area contributed by atoms with Crippen molar-refractivity contribution < 1.29 is 19.7 Å². The van der Waals surface area contributed by atoms with E-state index in [0.717, 1.165) is 5.56 Å². The normalized spacial score (nSPS) is 24.7. The predicted molar refractivity (Wildman–Crippen MR) is 52.6 cm³/mol. The second kappa shape index (κ2) is 3.32. The largest absolute Gasteiger partial charge is 0.478 e. The Morgan fingerprint density at radius 2 is 2.27 bits per heavy atom. The predicted octanol–water partition coefficient (Wildman–Crippen LogP) is 1.12. The molecule has 0 fully saturated rings. The third-order valence-electron chi connectivity index (χ3n) is 2.58. The Bertz CT molecular complexity index is 409. The van der Waals surface area contributed by atoms with Gasteiger partial charge in [0.05, 0.1) is 18.8 Å². The van der Waals surface area contributed by atoms with Crippen LogP contribution in [0.15, 0.2) is 18.2 Å². The quantitative estimate of drug-likeness (QED) is 0.725. The minimum Gasteiger partial charge on any atom is -0.478 e. The molecule has 4 heteroatoms. The van der Waals surface area contributed by atoms with E-state index in [9.17, 15) is 9.90 Å². The lowest BCUT2D eigenvalue weighted by atomic mass is 9.89. The van der Waals surface area contributed by atoms with E-state index in [4.69, 9.17) is 9.84 Å². The number of hydrogen-bond acceptors (Lipinski definition) is 3. The van der Waals surface area contributed by atoms with Gasteiger partial charge in [-0.1, -0.05) is 6.07 Å². The van der Waals surface area contributed by atoms with Gasteiger partial charge in [0, 0.05) is 0 Å². The highest BCUT2D eigenvalue weighted by molar-refractivity contribution is 5.88. The van der Waals surface area contributed by atoms with Gasteiger partial charge in [0.2, 0.25) is 0 Å². The number of aliphatic hydroxyl groups is 1. The Hall–Kier alpha value is -1.39. The molecule has 0 saturated heterocycles. The van der Waals surface area contributed by atoms with Crippen LogP contribution in [0.4, 0.5) is 0 Å². The van der Waals surface area contributed by atoms with Crippen molar-refractivity contribution in [1.82, 2.24) is 0 Å². The molecule has 4 nitrogen and oxygen atoms in total. The van der Waals surface area contributed by atoms with E-state index < -0.39 is 11.6 Å². The highest BCUT2D eigenvalue weighted by Crippen LogP contribution is 2.30. The number of benzene rings is 1. The van der Waals surface area contributed by atoms with E-state index in [2.05, 4.69) is 0 Å². The van der Waals surface area contributed by atoms with Crippen LogP contribution >= 0.6 is 0 Å². The second-order valence-corrected chi connectivity index (χ2v) is 3.94. The molecule has 0 bridgehead atoms. The average molecular weight is 208 g/mol. The maximum absolute atomic E-state index is 10.8. The van der Waals surface area contributed by atoms with Gasteiger partial charge in [-0.3, -0.25) is 0 Å². The lowest BCUT2D eigenvalue weighted by Crippen LogP contribution is -2.33. The first kappa shape index (κ1) is 10.1. The van der Waals surface area contributed by atoms with Crippen molar-refractivity contribution >= 4 is 5.97 Å². The van der Waals surface area contributed by atoms with Crippen LogP contribution in [0, 0.1) is 0 Å². The Morgan fingerprint density at radius 3 is 2.93 bits per heavy atom. The zero-order valence-corrected chi connectivity index (χ0v) is 8.36. The standard InChI is InChI=1S/C11H12O4/c1-11(14)6-15-5-8-3-2-7(10(12)13)4-9(8)11/h2-4,14H,5-6H2,1H3,(H,12,13). The second-order valence-electron chi connectivity index (χ2n) is 3.94. The molecule has 1 aliphatic rings. The van der Waals surface area contributed by atoms with Gasteiger partial charge < -0.3 is 14.9 Å². The van der Waals surface area contributed by atoms with Crippen molar-refractivity contribution in [3.63, 3.8) is 0 Å². The molecule has 1 atom stereocenters. The summed E-state index contributed by atoms with van der Waals surface area (Å²) in [6, 6.07) is 4.72. The molecule has 1 unspecified atom stereocenters. The van der Waals surface area contributed by atoms with Gasteiger partial charge >= 0.3 is 5.97 Å². The average Bonchev–Trinajstić information content (AvgIpc) is 2.17. The molecule has 80 valence electrons. The molecule has 1 aromatic carbocycles. The van der Waals surface area contributed by atoms with Crippen molar-refractivity contribution in [1.29, 1.82) is 0 Å². The number of hydrogen-bond donors (Lipinski definition) is 2. The van der Waals surface area contributed by atoms with E-state index in [1.54, 1.807) is 13.0 Å². The summed E-state index contributed by atoms with van der Waals surface area (Å²) in [5.74, 6) is -0.986. The third kappa shape index (κ3) is 1.73. The molecule has 0 spiro atoms. The zero-order chi connectivity index (χ0) is 11.1. The molecule has 2 N–H and O–H groups in total. The first-order valence-electron chi connectivity index (χ1n) is 4.67. The number of aromatic carboxylic acids is 1. The molecular formula is C11H12O4. The van der Waals surface area contributed by atoms with Gasteiger partial charge in [-0.05, 0) is 30.2 Å². The Labute approximate surface area is 87.1 Å². The number of carboxylic acid groups (broad SMARTS) is 1. The van der Waals surface area contributed by atoms with E-state index in [-0.39, 0.29) is 12.2 Å². The van der Waals surface area contributed by atoms with E-state index in [1.807, 2.05) is 0 Å². The van der Waals surface area contributed by atoms with Gasteiger partial charge in [0.15, 0.2) is 0 Å². The molecule has 1 aliphatic heterocycles. The number of fused-ring (bicyclic) bond motifs is 1. The summed E-state index contributed by atoms with van der Waals surface area (Å²) in [6.45, 7) is 2.24. The number of carboxylic acids is 1. The molecule has 1 aromatic rings. The van der Waals surface area contributed by atoms with Crippen LogP contribution in [0.25, 0.3) is 0 Å². The fourth-order valence-electron chi connectivity index (χ4n) is 1.77. The maximum Gasteiger partial charge on any atom is 0.335 e. The molecule has 0 radical (unpaired) electrons. The van der Waals surface area contributed by atoms with Gasteiger partial charge in [0.25, 0.3) is 0 Å². The molecule has 15 heavy (non-hydrogen) atoms. The molecule has 2 rings (SSSR count). The summed E-state index contributed by atoms with van der Waals surface area (Å²) in [4.78, 5) is 10.8. The smallest absolute Gasteiger partial charge is 0.335 e. The Morgan fingerprint density at radius 1 is 1.53 bits per heavy atom. The van der Waals surface area contributed by atoms with Crippen molar-refractivity contribution in [3.05, 3.63) is 34.9 Å². The van der Waals surface area contributed by atoms with Crippen LogP contribution < -0.4 is 0 Å². The van der Waals surface area contributed by atoms with E-state index in [0.29, 0.717) is 12.2 Å². The summed E-state index contributed by atoms with van der Waals surface area (Å²) in [5, 5.41) is 18.9. The van der Waals surface area contributed by atoms with Crippen molar-refractivity contribution in [2.45, 2.75) is 19.1 Å². The lowest BCUT2D eigenvalue weighted by Gasteiger charge is -2.31. The van der Waals surface area contributed by atoms with Gasteiger partial charge in [-0.25, -0.2) is 4.79 Å². The monoisotopic (exact) mass is 208 g/mol. The molecule has 0 amide bonds. The SMILES string of the molecule is CC1(O)COCc2ccc(C(=O)O)cc21. The Balaban J connectivity index is 2.53. The van der Waals surface area contributed by atoms with Gasteiger partial charge in [-0.15, -0.1) is 0 Å². The van der Waals surface area contributed by atoms with Crippen LogP contribution in [0.5, 0.6) is 0 Å². The summed E-state index contributed by atoms with van der Waals surface area (Å²) in [6.07, 6.45) is 0. The van der Waals surface area contributed by atoms with Crippen LogP contribution in [-0.4, -0.2) is 22.8 Å². The third-order valence-corrected chi connectivity index (χ3v) is 2.58. The lowest BCUT2D eigenvalue weighted by molar-refractivity contribution is -0.0603. The summed E-state index contributed by atoms with van der Waals surface area (Å²) < 4.78 is 5.21. The van der Waals surface area contributed by atoms with Crippen LogP contribution in [0.3, 0.4) is 0 Å². The topological polar surface area (TPSA) is 66.8 Å². The summed E-state index contributed by atoms with van der Waals surface area (Å²) in [5.41, 5.74) is 0.583. The van der Waals surface area contributed by atoms with Gasteiger partial charge in [0.1, 0.15) is 5.60 Å². The summed E-state index contributed by atoms with van der Waals surface area (Å²) >= 11 is 0. The zero-order valence-electron chi connectivity index (χ0n) is 8.36. The summed E-state index contributed by atoms with van der Waals surface area (Å²) in [7, 11) is 0. The highest BCUT2D eigenvalue weighted by Gasteiger charge is 2.30. The number of carbonyl (C=O) groups is 1. The van der Waals surface area contributed by atoms with Crippen LogP contribution in [-0.2, 0) is 16.9 Å². The van der Waals surface area contributed by atoms with Crippen molar-refractivity contribution in [3.8, 4) is 0 Å². The molecule has 0 aliphatic carbocycles. The molecule has 0 aromatic heterocycles. The number of rotatable bonds is 1.